The molecule has 0 unspecified atom stereocenters. The van der Waals surface area contributed by atoms with Crippen LogP contribution in [0.3, 0.4) is 0 Å². The maximum atomic E-state index is 14.2. The van der Waals surface area contributed by atoms with Gasteiger partial charge in [0.15, 0.2) is 0 Å². The fraction of sp³-hybridized carbons (Fsp3) is 0.464. The molecule has 1 amide bonds. The number of morpholine rings is 1. The molecule has 2 fully saturated rings. The Morgan fingerprint density at radius 1 is 0.974 bits per heavy atom. The Hall–Kier alpha value is -2.66. The zero-order valence-corrected chi connectivity index (χ0v) is 22.1. The van der Waals surface area contributed by atoms with Crippen molar-refractivity contribution in [1.82, 2.24) is 4.90 Å². The largest absolute Gasteiger partial charge is 0.490 e. The number of hydrogen-bond donors (Lipinski definition) is 0. The zero-order valence-electron chi connectivity index (χ0n) is 21.3. The van der Waals surface area contributed by atoms with Crippen LogP contribution < -0.4 is 4.74 Å². The number of carbonyl (C=O) groups is 1. The van der Waals surface area contributed by atoms with E-state index in [2.05, 4.69) is 6.92 Å². The molecule has 0 radical (unpaired) electrons. The van der Waals surface area contributed by atoms with Crippen LogP contribution in [0.15, 0.2) is 52.3 Å². The molecule has 0 bridgehead atoms. The van der Waals surface area contributed by atoms with Crippen molar-refractivity contribution < 1.29 is 40.6 Å². The van der Waals surface area contributed by atoms with E-state index in [4.69, 9.17) is 9.47 Å². The Morgan fingerprint density at radius 3 is 2.28 bits per heavy atom. The molecule has 0 N–H and O–H groups in total. The highest BCUT2D eigenvalue weighted by Crippen LogP contribution is 2.48. The number of hydrogen-bond acceptors (Lipinski definition) is 4. The number of halogens is 6. The first-order valence-electron chi connectivity index (χ1n) is 12.7. The molecule has 212 valence electrons. The van der Waals surface area contributed by atoms with Crippen molar-refractivity contribution in [2.75, 3.05) is 26.3 Å². The monoisotopic (exact) mass is 573 g/mol. The van der Waals surface area contributed by atoms with Crippen molar-refractivity contribution in [3.8, 4) is 5.75 Å². The minimum atomic E-state index is -5.31. The molecule has 1 aliphatic carbocycles. The SMILES string of the molecule is C[C@H]1CC[C@@H](Oc2cccc(Sc3ccc(/C=C/C(=O)N4CCOCC4)c(C(F)(F)F)c3C(F)(F)F)c2)CC1. The van der Waals surface area contributed by atoms with E-state index in [0.29, 0.717) is 28.3 Å². The van der Waals surface area contributed by atoms with Crippen LogP contribution in [0.25, 0.3) is 6.08 Å². The average Bonchev–Trinajstić information content (AvgIpc) is 2.88. The van der Waals surface area contributed by atoms with Crippen LogP contribution in [-0.4, -0.2) is 43.2 Å². The highest BCUT2D eigenvalue weighted by Gasteiger charge is 2.46. The summed E-state index contributed by atoms with van der Waals surface area (Å²) in [6, 6.07) is 8.35. The van der Waals surface area contributed by atoms with Gasteiger partial charge in [0.2, 0.25) is 5.91 Å². The fourth-order valence-corrected chi connectivity index (χ4v) is 5.77. The highest BCUT2D eigenvalue weighted by molar-refractivity contribution is 7.99. The Morgan fingerprint density at radius 2 is 1.64 bits per heavy atom. The minimum absolute atomic E-state index is 0.00439. The molecular formula is C28H29F6NO3S. The first kappa shape index (κ1) is 29.3. The summed E-state index contributed by atoms with van der Waals surface area (Å²) in [5.41, 5.74) is -4.34. The average molecular weight is 574 g/mol. The summed E-state index contributed by atoms with van der Waals surface area (Å²) in [5.74, 6) is 0.485. The third-order valence-electron chi connectivity index (χ3n) is 6.79. The van der Waals surface area contributed by atoms with E-state index in [-0.39, 0.29) is 32.4 Å². The molecule has 1 aliphatic heterocycles. The lowest BCUT2D eigenvalue weighted by Gasteiger charge is -2.27. The van der Waals surface area contributed by atoms with Gasteiger partial charge < -0.3 is 14.4 Å². The number of nitrogens with zero attached hydrogens (tertiary/aromatic N) is 1. The van der Waals surface area contributed by atoms with Gasteiger partial charge in [-0.2, -0.15) is 26.3 Å². The van der Waals surface area contributed by atoms with Gasteiger partial charge in [0, 0.05) is 29.0 Å². The predicted octanol–water partition coefficient (Wildman–Crippen LogP) is 7.70. The lowest BCUT2D eigenvalue weighted by atomic mass is 9.89. The summed E-state index contributed by atoms with van der Waals surface area (Å²) in [4.78, 5) is 13.5. The highest BCUT2D eigenvalue weighted by atomic mass is 32.2. The number of benzene rings is 2. The van der Waals surface area contributed by atoms with Gasteiger partial charge in [0.25, 0.3) is 0 Å². The van der Waals surface area contributed by atoms with Crippen LogP contribution >= 0.6 is 11.8 Å². The van der Waals surface area contributed by atoms with Crippen LogP contribution in [0.4, 0.5) is 26.3 Å². The molecule has 4 rings (SSSR count). The molecule has 11 heteroatoms. The lowest BCUT2D eigenvalue weighted by Crippen LogP contribution is -2.39. The normalized spacial score (nSPS) is 20.8. The minimum Gasteiger partial charge on any atom is -0.490 e. The van der Waals surface area contributed by atoms with Crippen molar-refractivity contribution in [2.45, 2.75) is 60.9 Å². The van der Waals surface area contributed by atoms with E-state index < -0.39 is 39.8 Å². The van der Waals surface area contributed by atoms with Crippen molar-refractivity contribution in [1.29, 1.82) is 0 Å². The predicted molar refractivity (Wildman–Crippen MR) is 135 cm³/mol. The molecule has 39 heavy (non-hydrogen) atoms. The van der Waals surface area contributed by atoms with Crippen molar-refractivity contribution in [3.05, 3.63) is 59.2 Å². The van der Waals surface area contributed by atoms with Crippen molar-refractivity contribution in [3.63, 3.8) is 0 Å². The number of rotatable bonds is 6. The van der Waals surface area contributed by atoms with Crippen LogP contribution in [0.5, 0.6) is 5.75 Å². The van der Waals surface area contributed by atoms with E-state index in [9.17, 15) is 31.1 Å². The molecule has 1 saturated heterocycles. The second-order valence-corrected chi connectivity index (χ2v) is 10.9. The Bertz CT molecular complexity index is 1180. The van der Waals surface area contributed by atoms with Gasteiger partial charge in [0.05, 0.1) is 30.4 Å². The van der Waals surface area contributed by atoms with Gasteiger partial charge in [0.1, 0.15) is 5.75 Å². The molecule has 2 aromatic rings. The van der Waals surface area contributed by atoms with Crippen molar-refractivity contribution in [2.24, 2.45) is 5.92 Å². The number of alkyl halides is 6. The number of carbonyl (C=O) groups excluding carboxylic acids is 1. The summed E-state index contributed by atoms with van der Waals surface area (Å²) in [6.45, 7) is 3.24. The molecule has 2 aliphatic rings. The topological polar surface area (TPSA) is 38.8 Å². The summed E-state index contributed by atoms with van der Waals surface area (Å²) < 4.78 is 96.0. The van der Waals surface area contributed by atoms with Crippen LogP contribution in [-0.2, 0) is 21.9 Å². The Balaban J connectivity index is 1.64. The molecule has 0 atom stereocenters. The number of ether oxygens (including phenoxy) is 2. The summed E-state index contributed by atoms with van der Waals surface area (Å²) in [5, 5.41) is 0. The molecule has 1 heterocycles. The maximum absolute atomic E-state index is 14.2. The molecule has 2 aromatic carbocycles. The van der Waals surface area contributed by atoms with E-state index in [1.165, 1.54) is 11.0 Å². The lowest BCUT2D eigenvalue weighted by molar-refractivity contribution is -0.163. The maximum Gasteiger partial charge on any atom is 0.418 e. The molecule has 1 saturated carbocycles. The summed E-state index contributed by atoms with van der Waals surface area (Å²) >= 11 is 0.591. The zero-order chi connectivity index (χ0) is 28.2. The second-order valence-electron chi connectivity index (χ2n) is 9.75. The van der Waals surface area contributed by atoms with Crippen LogP contribution in [0, 0.1) is 5.92 Å². The molecule has 0 aromatic heterocycles. The van der Waals surface area contributed by atoms with Gasteiger partial charge in [-0.1, -0.05) is 30.8 Å². The first-order chi connectivity index (χ1) is 18.4. The summed E-state index contributed by atoms with van der Waals surface area (Å²) in [6.07, 6.45) is -5.16. The number of amides is 1. The Labute approximate surface area is 227 Å². The third kappa shape index (κ3) is 7.72. The van der Waals surface area contributed by atoms with Gasteiger partial charge in [-0.3, -0.25) is 4.79 Å². The first-order valence-corrected chi connectivity index (χ1v) is 13.5. The quantitative estimate of drug-likeness (QED) is 0.262. The van der Waals surface area contributed by atoms with Gasteiger partial charge >= 0.3 is 12.4 Å². The smallest absolute Gasteiger partial charge is 0.418 e. The van der Waals surface area contributed by atoms with Gasteiger partial charge in [-0.25, -0.2) is 0 Å². The standard InChI is InChI=1S/C28H29F6NO3S/c1-18-5-9-20(10-6-18)38-21-3-2-4-22(17-21)39-23-11-7-19(8-12-24(36)35-13-15-37-16-14-35)25(27(29,30)31)26(23)28(32,33)34/h2-4,7-8,11-12,17-18,20H,5-6,9-10,13-16H2,1H3/b12-8+/t18-,20+. The van der Waals surface area contributed by atoms with Gasteiger partial charge in [-0.05, 0) is 67.5 Å². The van der Waals surface area contributed by atoms with E-state index in [1.54, 1.807) is 18.2 Å². The second kappa shape index (κ2) is 12.2. The molecule has 0 spiro atoms. The Kier molecular flexibility index (Phi) is 9.21. The van der Waals surface area contributed by atoms with Crippen LogP contribution in [0.2, 0.25) is 0 Å². The fourth-order valence-electron chi connectivity index (χ4n) is 4.74. The third-order valence-corrected chi connectivity index (χ3v) is 7.84. The van der Waals surface area contributed by atoms with E-state index >= 15 is 0 Å². The molecule has 4 nitrogen and oxygen atoms in total. The van der Waals surface area contributed by atoms with E-state index in [0.717, 1.165) is 50.0 Å². The molecular weight excluding hydrogens is 544 g/mol. The van der Waals surface area contributed by atoms with Crippen LogP contribution in [0.1, 0.15) is 49.3 Å². The van der Waals surface area contributed by atoms with Crippen molar-refractivity contribution >= 4 is 23.7 Å². The van der Waals surface area contributed by atoms with E-state index in [1.807, 2.05) is 0 Å². The van der Waals surface area contributed by atoms with Gasteiger partial charge in [-0.15, -0.1) is 0 Å². The summed E-state index contributed by atoms with van der Waals surface area (Å²) in [7, 11) is 0.